The van der Waals surface area contributed by atoms with Gasteiger partial charge in [-0.25, -0.2) is 0 Å². The number of carbonyl (C=O) groups is 1. The third kappa shape index (κ3) is 3.90. The number of hydrogen-bond donors (Lipinski definition) is 3. The first-order valence-electron chi connectivity index (χ1n) is 9.26. The van der Waals surface area contributed by atoms with Gasteiger partial charge in [-0.3, -0.25) is 4.79 Å². The number of ketones is 1. The Kier molecular flexibility index (Phi) is 6.29. The largest absolute Gasteiger partial charge is 0.507 e. The normalized spacial score (nSPS) is 24.4. The summed E-state index contributed by atoms with van der Waals surface area (Å²) in [6, 6.07) is 8.28. The van der Waals surface area contributed by atoms with Crippen molar-refractivity contribution in [1.29, 1.82) is 0 Å². The number of carbonyl (C=O) groups excluding carboxylic acids is 1. The molecule has 29 heavy (non-hydrogen) atoms. The van der Waals surface area contributed by atoms with Crippen LogP contribution in [0.5, 0.6) is 17.2 Å². The molecular weight excluding hydrogens is 417 g/mol. The predicted octanol–water partition coefficient (Wildman–Crippen LogP) is 3.66. The van der Waals surface area contributed by atoms with E-state index in [-0.39, 0.29) is 47.4 Å². The van der Waals surface area contributed by atoms with Gasteiger partial charge in [0.25, 0.3) is 0 Å². The summed E-state index contributed by atoms with van der Waals surface area (Å²) in [5.74, 6) is -1.04. The van der Waals surface area contributed by atoms with Crippen LogP contribution in [-0.4, -0.2) is 52.2 Å². The van der Waals surface area contributed by atoms with Crippen LogP contribution < -0.4 is 4.74 Å². The smallest absolute Gasteiger partial charge is 0.174 e. The fraction of sp³-hybridized carbons (Fsp3) is 0.381. The third-order valence-electron chi connectivity index (χ3n) is 5.59. The van der Waals surface area contributed by atoms with Gasteiger partial charge in [0.05, 0.1) is 12.5 Å². The Morgan fingerprint density at radius 3 is 2.62 bits per heavy atom. The molecule has 2 aliphatic heterocycles. The summed E-state index contributed by atoms with van der Waals surface area (Å²) in [4.78, 5) is 14.8. The summed E-state index contributed by atoms with van der Waals surface area (Å²) in [5, 5.41) is 32.0. The molecule has 0 amide bonds. The van der Waals surface area contributed by atoms with Crippen LogP contribution in [0.1, 0.15) is 46.3 Å². The predicted molar refractivity (Wildman–Crippen MR) is 112 cm³/mol. The maximum absolute atomic E-state index is 12.8. The lowest BCUT2D eigenvalue weighted by molar-refractivity contribution is 0.0592. The fourth-order valence-corrected chi connectivity index (χ4v) is 4.44. The number of likely N-dealkylation sites (N-methyl/N-ethyl adjacent to an activating group) is 1. The molecule has 0 aromatic heterocycles. The number of fused-ring (bicyclic) bond motifs is 1. The van der Waals surface area contributed by atoms with E-state index in [1.54, 1.807) is 18.2 Å². The molecule has 4 rings (SSSR count). The topological polar surface area (TPSA) is 90.2 Å². The zero-order chi connectivity index (χ0) is 20.0. The molecule has 0 bridgehead atoms. The van der Waals surface area contributed by atoms with Gasteiger partial charge in [0.15, 0.2) is 5.78 Å². The van der Waals surface area contributed by atoms with Crippen molar-refractivity contribution >= 4 is 29.8 Å². The highest BCUT2D eigenvalue weighted by Gasteiger charge is 2.39. The third-order valence-corrected chi connectivity index (χ3v) is 5.94. The molecule has 3 N–H and O–H groups in total. The van der Waals surface area contributed by atoms with E-state index in [2.05, 4.69) is 0 Å². The second-order valence-electron chi connectivity index (χ2n) is 7.51. The highest BCUT2D eigenvalue weighted by Crippen LogP contribution is 2.50. The van der Waals surface area contributed by atoms with E-state index < -0.39 is 18.1 Å². The molecule has 6 nitrogen and oxygen atoms in total. The minimum absolute atomic E-state index is 0. The number of ether oxygens (including phenoxy) is 1. The second kappa shape index (κ2) is 8.40. The standard InChI is InChI=1S/C21H22ClNO5.ClH/c1-23-7-6-12(17(27)10-23)19-14(24)8-15(25)20-16(26)9-18(28-21(19)20)11-4-2-3-5-13(11)22;/h2-5,8,12,17-18,24-25,27H,6-7,9-10H2,1H3;1H/t12?,17-,18?;/m1./s1. The van der Waals surface area contributed by atoms with Crippen molar-refractivity contribution in [2.75, 3.05) is 20.1 Å². The van der Waals surface area contributed by atoms with Gasteiger partial charge >= 0.3 is 0 Å². The quantitative estimate of drug-likeness (QED) is 0.661. The number of nitrogens with zero attached hydrogens (tertiary/aromatic N) is 1. The summed E-state index contributed by atoms with van der Waals surface area (Å²) in [6.07, 6.45) is -0.726. The van der Waals surface area contributed by atoms with Gasteiger partial charge < -0.3 is 25.0 Å². The van der Waals surface area contributed by atoms with Crippen LogP contribution in [0, 0.1) is 0 Å². The number of phenolic OH excluding ortho intramolecular Hbond substituents is 2. The number of halogens is 2. The SMILES string of the molecule is CN1CCC(c2c(O)cc(O)c3c2OC(c2ccccc2Cl)CC3=O)[C@H](O)C1.Cl. The van der Waals surface area contributed by atoms with Crippen LogP contribution in [0.15, 0.2) is 30.3 Å². The van der Waals surface area contributed by atoms with Crippen LogP contribution >= 0.6 is 24.0 Å². The number of aromatic hydroxyl groups is 2. The lowest BCUT2D eigenvalue weighted by Crippen LogP contribution is -2.40. The van der Waals surface area contributed by atoms with E-state index in [1.165, 1.54) is 0 Å². The Morgan fingerprint density at radius 2 is 1.93 bits per heavy atom. The molecule has 1 fully saturated rings. The Hall–Kier alpha value is -1.99. The number of benzene rings is 2. The molecule has 8 heteroatoms. The van der Waals surface area contributed by atoms with Gasteiger partial charge in [-0.2, -0.15) is 0 Å². The van der Waals surface area contributed by atoms with E-state index >= 15 is 0 Å². The van der Waals surface area contributed by atoms with Gasteiger partial charge in [0.2, 0.25) is 0 Å². The molecule has 2 heterocycles. The van der Waals surface area contributed by atoms with Crippen molar-refractivity contribution in [2.45, 2.75) is 31.0 Å². The van der Waals surface area contributed by atoms with Crippen LogP contribution in [0.2, 0.25) is 5.02 Å². The Bertz CT molecular complexity index is 936. The molecule has 0 aliphatic carbocycles. The molecular formula is C21H23Cl2NO5. The Balaban J connectivity index is 0.00000240. The van der Waals surface area contributed by atoms with E-state index in [0.29, 0.717) is 29.1 Å². The van der Waals surface area contributed by atoms with Crippen molar-refractivity contribution in [2.24, 2.45) is 0 Å². The first-order chi connectivity index (χ1) is 13.4. The summed E-state index contributed by atoms with van der Waals surface area (Å²) in [6.45, 7) is 1.18. The minimum Gasteiger partial charge on any atom is -0.507 e. The number of Topliss-reactive ketones (excluding diaryl/α,β-unsaturated/α-hetero) is 1. The van der Waals surface area contributed by atoms with Crippen LogP contribution in [0.25, 0.3) is 0 Å². The van der Waals surface area contributed by atoms with E-state index in [1.807, 2.05) is 18.0 Å². The molecule has 2 aliphatic rings. The number of aliphatic hydroxyl groups excluding tert-OH is 1. The van der Waals surface area contributed by atoms with Crippen molar-refractivity contribution in [3.05, 3.63) is 52.0 Å². The molecule has 2 aromatic rings. The van der Waals surface area contributed by atoms with E-state index in [4.69, 9.17) is 16.3 Å². The average Bonchev–Trinajstić information content (AvgIpc) is 2.63. The van der Waals surface area contributed by atoms with Gasteiger partial charge in [-0.05, 0) is 26.1 Å². The summed E-state index contributed by atoms with van der Waals surface area (Å²) >= 11 is 6.29. The zero-order valence-electron chi connectivity index (χ0n) is 15.8. The lowest BCUT2D eigenvalue weighted by atomic mass is 9.83. The Morgan fingerprint density at radius 1 is 1.21 bits per heavy atom. The first-order valence-corrected chi connectivity index (χ1v) is 9.64. The number of phenols is 2. The van der Waals surface area contributed by atoms with E-state index in [0.717, 1.165) is 12.6 Å². The number of β-amino-alcohol motifs (C(OH)–C–C–N with tert-alkyl or cyclic N) is 1. The molecule has 2 unspecified atom stereocenters. The van der Waals surface area contributed by atoms with Crippen molar-refractivity contribution in [1.82, 2.24) is 4.90 Å². The second-order valence-corrected chi connectivity index (χ2v) is 7.92. The number of aliphatic hydroxyl groups is 1. The van der Waals surface area contributed by atoms with Crippen molar-refractivity contribution < 1.29 is 24.9 Å². The number of hydrogen-bond acceptors (Lipinski definition) is 6. The number of likely N-dealkylation sites (tertiary alicyclic amines) is 1. The summed E-state index contributed by atoms with van der Waals surface area (Å²) in [5.41, 5.74) is 1.10. The highest BCUT2D eigenvalue weighted by atomic mass is 35.5. The maximum atomic E-state index is 12.8. The molecule has 1 saturated heterocycles. The molecule has 0 radical (unpaired) electrons. The summed E-state index contributed by atoms with van der Waals surface area (Å²) in [7, 11) is 1.92. The molecule has 0 spiro atoms. The van der Waals surface area contributed by atoms with Gasteiger partial charge in [0, 0.05) is 34.7 Å². The molecule has 3 atom stereocenters. The van der Waals surface area contributed by atoms with Crippen molar-refractivity contribution in [3.8, 4) is 17.2 Å². The van der Waals surface area contributed by atoms with Gasteiger partial charge in [-0.15, -0.1) is 12.4 Å². The monoisotopic (exact) mass is 439 g/mol. The van der Waals surface area contributed by atoms with Crippen molar-refractivity contribution in [3.63, 3.8) is 0 Å². The van der Waals surface area contributed by atoms with Gasteiger partial charge in [0.1, 0.15) is 28.9 Å². The van der Waals surface area contributed by atoms with Crippen LogP contribution in [0.4, 0.5) is 0 Å². The average molecular weight is 440 g/mol. The van der Waals surface area contributed by atoms with Gasteiger partial charge in [-0.1, -0.05) is 29.8 Å². The van der Waals surface area contributed by atoms with E-state index in [9.17, 15) is 20.1 Å². The number of rotatable bonds is 2. The summed E-state index contributed by atoms with van der Waals surface area (Å²) < 4.78 is 6.14. The first kappa shape index (κ1) is 21.7. The maximum Gasteiger partial charge on any atom is 0.174 e. The highest BCUT2D eigenvalue weighted by molar-refractivity contribution is 6.31. The Labute approximate surface area is 180 Å². The van der Waals surface area contributed by atoms with Crippen LogP contribution in [0.3, 0.4) is 0 Å². The lowest BCUT2D eigenvalue weighted by Gasteiger charge is -2.37. The zero-order valence-corrected chi connectivity index (χ0v) is 17.4. The molecule has 156 valence electrons. The number of piperidine rings is 1. The minimum atomic E-state index is -0.724. The van der Waals surface area contributed by atoms with Crippen LogP contribution in [-0.2, 0) is 0 Å². The molecule has 2 aromatic carbocycles. The molecule has 0 saturated carbocycles. The fourth-order valence-electron chi connectivity index (χ4n) is 4.19.